The molecule has 0 amide bonds. The Labute approximate surface area is 123 Å². The minimum atomic E-state index is 0.245. The Morgan fingerprint density at radius 3 is 1.60 bits per heavy atom. The number of hydrogen-bond donors (Lipinski definition) is 0. The van der Waals surface area contributed by atoms with Crippen LogP contribution in [0, 0.1) is 0 Å². The highest BCUT2D eigenvalue weighted by Gasteiger charge is 2.25. The smallest absolute Gasteiger partial charge is 0.0841 e. The van der Waals surface area contributed by atoms with E-state index < -0.39 is 0 Å². The first kappa shape index (κ1) is 16.9. The van der Waals surface area contributed by atoms with E-state index in [0.717, 1.165) is 12.8 Å². The van der Waals surface area contributed by atoms with Crippen LogP contribution in [0.3, 0.4) is 0 Å². The summed E-state index contributed by atoms with van der Waals surface area (Å²) in [5.41, 5.74) is 0. The van der Waals surface area contributed by atoms with Crippen LogP contribution in [0.15, 0.2) is 48.6 Å². The summed E-state index contributed by atoms with van der Waals surface area (Å²) in [6, 6.07) is 0. The van der Waals surface area contributed by atoms with E-state index in [1.165, 1.54) is 12.8 Å². The first-order valence-electron chi connectivity index (χ1n) is 7.67. The topological polar surface area (TPSA) is 18.5 Å². The van der Waals surface area contributed by atoms with E-state index in [9.17, 15) is 0 Å². The van der Waals surface area contributed by atoms with Gasteiger partial charge >= 0.3 is 0 Å². The number of allylic oxidation sites excluding steroid dienone is 6. The van der Waals surface area contributed by atoms with Gasteiger partial charge in [-0.1, -0.05) is 61.4 Å². The zero-order valence-corrected chi connectivity index (χ0v) is 12.8. The molecule has 0 aromatic rings. The second kappa shape index (κ2) is 11.7. The highest BCUT2D eigenvalue weighted by molar-refractivity contribution is 5.02. The Hall–Kier alpha value is -1.12. The third-order valence-electron chi connectivity index (χ3n) is 3.33. The summed E-state index contributed by atoms with van der Waals surface area (Å²) in [5.74, 6) is 0. The van der Waals surface area contributed by atoms with E-state index in [1.54, 1.807) is 0 Å². The van der Waals surface area contributed by atoms with Crippen molar-refractivity contribution in [1.82, 2.24) is 0 Å². The lowest BCUT2D eigenvalue weighted by atomic mass is 9.94. The van der Waals surface area contributed by atoms with E-state index >= 15 is 0 Å². The maximum Gasteiger partial charge on any atom is 0.0841 e. The Morgan fingerprint density at radius 1 is 0.750 bits per heavy atom. The predicted octanol–water partition coefficient (Wildman–Crippen LogP) is 4.60. The van der Waals surface area contributed by atoms with Crippen LogP contribution < -0.4 is 0 Å². The van der Waals surface area contributed by atoms with Crippen LogP contribution in [-0.4, -0.2) is 25.4 Å². The van der Waals surface area contributed by atoms with Crippen molar-refractivity contribution in [2.45, 2.75) is 51.7 Å². The maximum atomic E-state index is 5.94. The van der Waals surface area contributed by atoms with Gasteiger partial charge in [0.05, 0.1) is 25.4 Å². The van der Waals surface area contributed by atoms with Crippen molar-refractivity contribution in [3.8, 4) is 0 Å². The van der Waals surface area contributed by atoms with Gasteiger partial charge < -0.3 is 9.47 Å². The standard InChI is InChI=1S/C18H28O2/c1-3-5-7-11-15-19-17-13-9-10-14-18(17)20-16-12-8-6-4-2/h3-8,11-12,17-18H,9-10,13-16H2,1-2H3. The lowest BCUT2D eigenvalue weighted by Gasteiger charge is -2.30. The number of ether oxygens (including phenoxy) is 2. The molecule has 1 aliphatic carbocycles. The summed E-state index contributed by atoms with van der Waals surface area (Å²) in [7, 11) is 0. The van der Waals surface area contributed by atoms with E-state index in [0.29, 0.717) is 13.2 Å². The fraction of sp³-hybridized carbons (Fsp3) is 0.556. The molecule has 0 aromatic carbocycles. The van der Waals surface area contributed by atoms with Crippen LogP contribution >= 0.6 is 0 Å². The molecule has 1 aliphatic rings. The van der Waals surface area contributed by atoms with Gasteiger partial charge in [0, 0.05) is 0 Å². The lowest BCUT2D eigenvalue weighted by Crippen LogP contribution is -2.35. The molecule has 0 aromatic heterocycles. The van der Waals surface area contributed by atoms with E-state index in [4.69, 9.17) is 9.47 Å². The minimum absolute atomic E-state index is 0.245. The monoisotopic (exact) mass is 276 g/mol. The van der Waals surface area contributed by atoms with Gasteiger partial charge in [0.2, 0.25) is 0 Å². The first-order chi connectivity index (χ1) is 9.88. The first-order valence-corrected chi connectivity index (χ1v) is 7.67. The normalized spacial score (nSPS) is 24.7. The number of rotatable bonds is 8. The summed E-state index contributed by atoms with van der Waals surface area (Å²) in [4.78, 5) is 0. The molecule has 2 unspecified atom stereocenters. The minimum Gasteiger partial charge on any atom is -0.371 e. The highest BCUT2D eigenvalue weighted by atomic mass is 16.5. The van der Waals surface area contributed by atoms with Gasteiger partial charge in [-0.2, -0.15) is 0 Å². The molecule has 0 aliphatic heterocycles. The van der Waals surface area contributed by atoms with Crippen LogP contribution in [0.5, 0.6) is 0 Å². The van der Waals surface area contributed by atoms with Gasteiger partial charge in [-0.3, -0.25) is 0 Å². The Bertz CT molecular complexity index is 305. The molecule has 1 fully saturated rings. The van der Waals surface area contributed by atoms with Crippen molar-refractivity contribution in [2.75, 3.05) is 13.2 Å². The van der Waals surface area contributed by atoms with Crippen molar-refractivity contribution in [3.63, 3.8) is 0 Å². The third-order valence-corrected chi connectivity index (χ3v) is 3.33. The van der Waals surface area contributed by atoms with Gasteiger partial charge in [0.15, 0.2) is 0 Å². The second-order valence-electron chi connectivity index (χ2n) is 4.94. The van der Waals surface area contributed by atoms with Crippen LogP contribution in [0.2, 0.25) is 0 Å². The third kappa shape index (κ3) is 7.46. The molecule has 0 heterocycles. The van der Waals surface area contributed by atoms with Crippen LogP contribution in [-0.2, 0) is 9.47 Å². The Morgan fingerprint density at radius 2 is 1.20 bits per heavy atom. The quantitative estimate of drug-likeness (QED) is 0.603. The SMILES string of the molecule is CC=CC=CCOC1CCCCC1OCC=CC=CC. The lowest BCUT2D eigenvalue weighted by molar-refractivity contribution is -0.0782. The molecule has 2 atom stereocenters. The van der Waals surface area contributed by atoms with Gasteiger partial charge in [-0.25, -0.2) is 0 Å². The Kier molecular flexibility index (Phi) is 9.89. The molecule has 1 rings (SSSR count). The molecular formula is C18H28O2. The zero-order chi connectivity index (χ0) is 14.5. The van der Waals surface area contributed by atoms with Gasteiger partial charge in [0.25, 0.3) is 0 Å². The zero-order valence-electron chi connectivity index (χ0n) is 12.8. The number of hydrogen-bond acceptors (Lipinski definition) is 2. The summed E-state index contributed by atoms with van der Waals surface area (Å²) in [6.45, 7) is 5.36. The van der Waals surface area contributed by atoms with Gasteiger partial charge in [0.1, 0.15) is 0 Å². The van der Waals surface area contributed by atoms with E-state index in [2.05, 4.69) is 12.2 Å². The van der Waals surface area contributed by atoms with Crippen LogP contribution in [0.1, 0.15) is 39.5 Å². The maximum absolute atomic E-state index is 5.94. The van der Waals surface area contributed by atoms with Crippen LogP contribution in [0.4, 0.5) is 0 Å². The van der Waals surface area contributed by atoms with Crippen molar-refractivity contribution in [3.05, 3.63) is 48.6 Å². The summed E-state index contributed by atoms with van der Waals surface area (Å²) < 4.78 is 11.9. The summed E-state index contributed by atoms with van der Waals surface area (Å²) in [6.07, 6.45) is 21.4. The van der Waals surface area contributed by atoms with Gasteiger partial charge in [-0.05, 0) is 26.7 Å². The van der Waals surface area contributed by atoms with E-state index in [1.807, 2.05) is 50.3 Å². The highest BCUT2D eigenvalue weighted by Crippen LogP contribution is 2.23. The molecule has 20 heavy (non-hydrogen) atoms. The fourth-order valence-electron chi connectivity index (χ4n) is 2.29. The molecule has 0 saturated heterocycles. The van der Waals surface area contributed by atoms with E-state index in [-0.39, 0.29) is 12.2 Å². The van der Waals surface area contributed by atoms with Crippen molar-refractivity contribution in [2.24, 2.45) is 0 Å². The second-order valence-corrected chi connectivity index (χ2v) is 4.94. The van der Waals surface area contributed by atoms with Crippen molar-refractivity contribution < 1.29 is 9.47 Å². The molecular weight excluding hydrogens is 248 g/mol. The Balaban J connectivity index is 2.30. The summed E-state index contributed by atoms with van der Waals surface area (Å²) in [5, 5.41) is 0. The molecule has 2 heteroatoms. The predicted molar refractivity (Wildman–Crippen MR) is 85.9 cm³/mol. The molecule has 0 spiro atoms. The molecule has 0 bridgehead atoms. The van der Waals surface area contributed by atoms with Crippen molar-refractivity contribution >= 4 is 0 Å². The molecule has 0 N–H and O–H groups in total. The molecule has 0 radical (unpaired) electrons. The molecule has 112 valence electrons. The average Bonchev–Trinajstić information content (AvgIpc) is 2.48. The summed E-state index contributed by atoms with van der Waals surface area (Å²) >= 11 is 0. The average molecular weight is 276 g/mol. The largest absolute Gasteiger partial charge is 0.371 e. The molecule has 2 nitrogen and oxygen atoms in total. The molecule has 1 saturated carbocycles. The van der Waals surface area contributed by atoms with Crippen molar-refractivity contribution in [1.29, 1.82) is 0 Å². The van der Waals surface area contributed by atoms with Gasteiger partial charge in [-0.15, -0.1) is 0 Å². The van der Waals surface area contributed by atoms with Crippen LogP contribution in [0.25, 0.3) is 0 Å². The fourth-order valence-corrected chi connectivity index (χ4v) is 2.29.